The van der Waals surface area contributed by atoms with Gasteiger partial charge in [0.15, 0.2) is 5.13 Å². The van der Waals surface area contributed by atoms with Gasteiger partial charge in [0.25, 0.3) is 0 Å². The second kappa shape index (κ2) is 13.4. The number of nitrogens with two attached hydrogens (primary N) is 1. The van der Waals surface area contributed by atoms with Gasteiger partial charge in [-0.25, -0.2) is 4.98 Å². The Labute approximate surface area is 168 Å². The highest BCUT2D eigenvalue weighted by molar-refractivity contribution is 7.15. The Morgan fingerprint density at radius 3 is 2.32 bits per heavy atom. The summed E-state index contributed by atoms with van der Waals surface area (Å²) in [5.41, 5.74) is 8.31. The number of hydrogen-bond donors (Lipinski definition) is 1. The van der Waals surface area contributed by atoms with Gasteiger partial charge in [0.1, 0.15) is 0 Å². The van der Waals surface area contributed by atoms with Gasteiger partial charge in [0.05, 0.1) is 5.69 Å². The number of rotatable bonds is 10. The van der Waals surface area contributed by atoms with E-state index in [0.717, 1.165) is 25.1 Å². The zero-order chi connectivity index (χ0) is 16.5. The monoisotopic (exact) mass is 403 g/mol. The minimum Gasteiger partial charge on any atom is -0.375 e. The third kappa shape index (κ3) is 8.91. The van der Waals surface area contributed by atoms with E-state index in [-0.39, 0.29) is 24.8 Å². The molecule has 1 aromatic heterocycles. The van der Waals surface area contributed by atoms with Crippen molar-refractivity contribution in [3.63, 3.8) is 0 Å². The van der Waals surface area contributed by atoms with E-state index in [1.807, 2.05) is 0 Å². The number of thiazole rings is 1. The fraction of sp³-hybridized carbons (Fsp3) is 0.526. The van der Waals surface area contributed by atoms with Crippen LogP contribution in [0.5, 0.6) is 0 Å². The summed E-state index contributed by atoms with van der Waals surface area (Å²) in [4.78, 5) is 8.26. The van der Waals surface area contributed by atoms with Crippen molar-refractivity contribution in [2.75, 3.05) is 25.4 Å². The summed E-state index contributed by atoms with van der Waals surface area (Å²) < 4.78 is 0. The van der Waals surface area contributed by atoms with E-state index in [4.69, 9.17) is 5.73 Å². The molecule has 0 aliphatic carbocycles. The first-order valence-electron chi connectivity index (χ1n) is 8.67. The van der Waals surface area contributed by atoms with Crippen molar-refractivity contribution in [2.24, 2.45) is 0 Å². The van der Waals surface area contributed by atoms with Crippen LogP contribution in [-0.2, 0) is 12.8 Å². The molecule has 0 spiro atoms. The van der Waals surface area contributed by atoms with Gasteiger partial charge in [0, 0.05) is 11.4 Å². The van der Waals surface area contributed by atoms with Crippen LogP contribution in [0.2, 0.25) is 0 Å². The lowest BCUT2D eigenvalue weighted by Gasteiger charge is -2.21. The van der Waals surface area contributed by atoms with Crippen LogP contribution in [0.3, 0.4) is 0 Å². The first-order valence-corrected chi connectivity index (χ1v) is 9.48. The van der Waals surface area contributed by atoms with Crippen molar-refractivity contribution in [3.8, 4) is 0 Å². The molecule has 0 atom stereocenters. The van der Waals surface area contributed by atoms with Crippen LogP contribution in [0.4, 0.5) is 5.13 Å². The maximum absolute atomic E-state index is 5.77. The van der Waals surface area contributed by atoms with Crippen LogP contribution >= 0.6 is 36.2 Å². The summed E-state index contributed by atoms with van der Waals surface area (Å²) in [7, 11) is 0. The van der Waals surface area contributed by atoms with E-state index >= 15 is 0 Å². The van der Waals surface area contributed by atoms with Crippen LogP contribution in [0.1, 0.15) is 42.3 Å². The SMILES string of the molecule is CCCN(CCCCc1sc(N)nc1C)CCc1ccccc1.Cl.Cl. The van der Waals surface area contributed by atoms with Crippen LogP contribution < -0.4 is 5.73 Å². The van der Waals surface area contributed by atoms with Crippen molar-refractivity contribution >= 4 is 41.3 Å². The zero-order valence-electron chi connectivity index (χ0n) is 15.2. The Bertz CT molecular complexity index is 575. The Morgan fingerprint density at radius 1 is 1.00 bits per heavy atom. The van der Waals surface area contributed by atoms with Gasteiger partial charge >= 0.3 is 0 Å². The van der Waals surface area contributed by atoms with Gasteiger partial charge in [-0.1, -0.05) is 37.3 Å². The van der Waals surface area contributed by atoms with E-state index in [0.29, 0.717) is 5.13 Å². The fourth-order valence-corrected chi connectivity index (χ4v) is 3.76. The molecule has 0 bridgehead atoms. The van der Waals surface area contributed by atoms with Crippen molar-refractivity contribution < 1.29 is 0 Å². The third-order valence-corrected chi connectivity index (χ3v) is 5.18. The van der Waals surface area contributed by atoms with E-state index in [1.54, 1.807) is 11.3 Å². The highest BCUT2D eigenvalue weighted by Gasteiger charge is 2.07. The maximum Gasteiger partial charge on any atom is 0.180 e. The van der Waals surface area contributed by atoms with E-state index in [1.165, 1.54) is 42.8 Å². The average molecular weight is 404 g/mol. The summed E-state index contributed by atoms with van der Waals surface area (Å²) in [5, 5.41) is 0.702. The molecule has 1 heterocycles. The highest BCUT2D eigenvalue weighted by atomic mass is 35.5. The second-order valence-corrected chi connectivity index (χ2v) is 7.21. The summed E-state index contributed by atoms with van der Waals surface area (Å²) in [6.07, 6.45) is 5.93. The summed E-state index contributed by atoms with van der Waals surface area (Å²) in [5.74, 6) is 0. The molecule has 0 aliphatic rings. The number of unbranched alkanes of at least 4 members (excludes halogenated alkanes) is 1. The summed E-state index contributed by atoms with van der Waals surface area (Å²) in [6.45, 7) is 7.86. The van der Waals surface area contributed by atoms with Gasteiger partial charge in [-0.2, -0.15) is 0 Å². The van der Waals surface area contributed by atoms with Crippen molar-refractivity contribution in [1.29, 1.82) is 0 Å². The molecule has 0 saturated carbocycles. The summed E-state index contributed by atoms with van der Waals surface area (Å²) in [6, 6.07) is 10.8. The Kier molecular flexibility index (Phi) is 13.0. The zero-order valence-corrected chi connectivity index (χ0v) is 17.7. The maximum atomic E-state index is 5.77. The van der Waals surface area contributed by atoms with E-state index < -0.39 is 0 Å². The van der Waals surface area contributed by atoms with Gasteiger partial charge in [-0.15, -0.1) is 36.2 Å². The number of nitrogen functional groups attached to an aromatic ring is 1. The van der Waals surface area contributed by atoms with Crippen molar-refractivity contribution in [3.05, 3.63) is 46.5 Å². The molecule has 3 nitrogen and oxygen atoms in total. The molecule has 0 fully saturated rings. The summed E-state index contributed by atoms with van der Waals surface area (Å²) >= 11 is 1.64. The molecule has 0 radical (unpaired) electrons. The first kappa shape index (κ1) is 24.2. The van der Waals surface area contributed by atoms with Crippen LogP contribution in [-0.4, -0.2) is 29.5 Å². The van der Waals surface area contributed by atoms with Crippen LogP contribution in [0.15, 0.2) is 30.3 Å². The molecule has 0 saturated heterocycles. The van der Waals surface area contributed by atoms with Crippen LogP contribution in [0, 0.1) is 6.92 Å². The van der Waals surface area contributed by atoms with Gasteiger partial charge < -0.3 is 10.6 Å². The molecule has 2 N–H and O–H groups in total. The quantitative estimate of drug-likeness (QED) is 0.557. The lowest BCUT2D eigenvalue weighted by Crippen LogP contribution is -2.28. The predicted molar refractivity (Wildman–Crippen MR) is 116 cm³/mol. The number of benzene rings is 1. The number of halogens is 2. The molecule has 0 aliphatic heterocycles. The van der Waals surface area contributed by atoms with E-state index in [2.05, 4.69) is 54.1 Å². The van der Waals surface area contributed by atoms with E-state index in [9.17, 15) is 0 Å². The first-order chi connectivity index (χ1) is 11.2. The molecule has 142 valence electrons. The average Bonchev–Trinajstić information content (AvgIpc) is 2.87. The predicted octanol–water partition coefficient (Wildman–Crippen LogP) is 5.15. The smallest absolute Gasteiger partial charge is 0.180 e. The molecule has 0 unspecified atom stereocenters. The molecule has 2 aromatic rings. The fourth-order valence-electron chi connectivity index (χ4n) is 2.89. The topological polar surface area (TPSA) is 42.1 Å². The third-order valence-electron chi connectivity index (χ3n) is 4.14. The Hall–Kier alpha value is -0.810. The lowest BCUT2D eigenvalue weighted by atomic mass is 10.1. The molecule has 2 rings (SSSR count). The molecular weight excluding hydrogens is 373 g/mol. The number of aromatic nitrogens is 1. The largest absolute Gasteiger partial charge is 0.375 e. The number of nitrogens with zero attached hydrogens (tertiary/aromatic N) is 2. The molecule has 0 amide bonds. The second-order valence-electron chi connectivity index (χ2n) is 6.10. The van der Waals surface area contributed by atoms with Gasteiger partial charge in [0.2, 0.25) is 0 Å². The Morgan fingerprint density at radius 2 is 1.72 bits per heavy atom. The minimum atomic E-state index is 0. The number of anilines is 1. The van der Waals surface area contributed by atoms with Crippen molar-refractivity contribution in [2.45, 2.75) is 46.0 Å². The minimum absolute atomic E-state index is 0. The normalized spacial score (nSPS) is 10.4. The number of hydrogen-bond acceptors (Lipinski definition) is 4. The lowest BCUT2D eigenvalue weighted by molar-refractivity contribution is 0.272. The highest BCUT2D eigenvalue weighted by Crippen LogP contribution is 2.21. The molecular formula is C19H31Cl2N3S. The van der Waals surface area contributed by atoms with Gasteiger partial charge in [-0.3, -0.25) is 0 Å². The molecule has 1 aromatic carbocycles. The number of aryl methyl sites for hydroxylation is 2. The van der Waals surface area contributed by atoms with Gasteiger partial charge in [-0.05, 0) is 57.7 Å². The van der Waals surface area contributed by atoms with Crippen molar-refractivity contribution in [1.82, 2.24) is 9.88 Å². The Balaban J connectivity index is 0.00000288. The standard InChI is InChI=1S/C19H29N3S.2ClH/c1-3-13-22(15-12-17-9-5-4-6-10-17)14-8-7-11-18-16(2)21-19(20)23-18;;/h4-6,9-10H,3,7-8,11-15H2,1-2H3,(H2,20,21);2*1H. The molecule has 25 heavy (non-hydrogen) atoms. The molecule has 6 heteroatoms. The van der Waals surface area contributed by atoms with Crippen LogP contribution in [0.25, 0.3) is 0 Å².